The Hall–Kier alpha value is -4.27. The molecule has 0 saturated heterocycles. The average Bonchev–Trinajstić information content (AvgIpc) is 3.52. The monoisotopic (exact) mass is 487 g/mol. The Morgan fingerprint density at radius 1 is 1.08 bits per heavy atom. The highest BCUT2D eigenvalue weighted by Crippen LogP contribution is 2.30. The van der Waals surface area contributed by atoms with Gasteiger partial charge in [0.1, 0.15) is 17.8 Å². The summed E-state index contributed by atoms with van der Waals surface area (Å²) < 4.78 is 7.14. The molecule has 2 amide bonds. The fourth-order valence-corrected chi connectivity index (χ4v) is 3.86. The van der Waals surface area contributed by atoms with Crippen molar-refractivity contribution >= 4 is 34.3 Å². The summed E-state index contributed by atoms with van der Waals surface area (Å²) in [5, 5.41) is 11.3. The minimum Gasteiger partial charge on any atom is -0.467 e. The van der Waals surface area contributed by atoms with Gasteiger partial charge in [-0.1, -0.05) is 36.4 Å². The van der Waals surface area contributed by atoms with Crippen molar-refractivity contribution in [3.8, 4) is 0 Å². The van der Waals surface area contributed by atoms with Crippen LogP contribution >= 0.6 is 0 Å². The fourth-order valence-electron chi connectivity index (χ4n) is 3.86. The first-order valence-electron chi connectivity index (χ1n) is 11.8. The van der Waals surface area contributed by atoms with E-state index in [2.05, 4.69) is 15.6 Å². The number of amides is 2. The number of nitrogens with zero attached hydrogens (tertiary/aromatic N) is 4. The number of hydrogen-bond donors (Lipinski definition) is 1. The third-order valence-corrected chi connectivity index (χ3v) is 6.17. The van der Waals surface area contributed by atoms with E-state index in [0.717, 1.165) is 0 Å². The lowest BCUT2D eigenvalue weighted by atomic mass is 10.00. The molecule has 2 aromatic heterocycles. The second-order valence-corrected chi connectivity index (χ2v) is 9.25. The summed E-state index contributed by atoms with van der Waals surface area (Å²) in [7, 11) is 0. The highest BCUT2D eigenvalue weighted by Gasteiger charge is 2.37. The van der Waals surface area contributed by atoms with Crippen molar-refractivity contribution in [3.63, 3.8) is 0 Å². The quantitative estimate of drug-likeness (QED) is 0.352. The first kappa shape index (κ1) is 24.8. The summed E-state index contributed by atoms with van der Waals surface area (Å²) in [6.45, 7) is 7.07. The lowest BCUT2D eigenvalue weighted by Crippen LogP contribution is -2.51. The summed E-state index contributed by atoms with van der Waals surface area (Å²) in [6, 6.07) is 16.2. The van der Waals surface area contributed by atoms with Gasteiger partial charge in [0.15, 0.2) is 11.8 Å². The van der Waals surface area contributed by atoms with E-state index in [0.29, 0.717) is 34.5 Å². The van der Waals surface area contributed by atoms with Crippen molar-refractivity contribution < 1.29 is 18.8 Å². The number of carbonyl (C=O) groups excluding carboxylic acids is 3. The average molecular weight is 488 g/mol. The lowest BCUT2D eigenvalue weighted by Gasteiger charge is -2.33. The van der Waals surface area contributed by atoms with Gasteiger partial charge in [-0.3, -0.25) is 19.3 Å². The molecule has 2 heterocycles. The second kappa shape index (κ2) is 10.2. The van der Waals surface area contributed by atoms with E-state index < -0.39 is 23.4 Å². The van der Waals surface area contributed by atoms with Gasteiger partial charge in [-0.2, -0.15) is 0 Å². The molecule has 1 atom stereocenters. The molecule has 0 aliphatic rings. The van der Waals surface area contributed by atoms with Gasteiger partial charge >= 0.3 is 0 Å². The Bertz CT molecular complexity index is 1390. The SMILES string of the molecule is CCC(C)(C)NC(=O)C(c1ccco1)N(C(=O)Cn1nnc2ccccc21)c1cccc(C(C)=O)c1. The summed E-state index contributed by atoms with van der Waals surface area (Å²) in [5.74, 6) is -0.680. The molecule has 0 spiro atoms. The molecule has 2 aromatic carbocycles. The van der Waals surface area contributed by atoms with Crippen molar-refractivity contribution in [2.75, 3.05) is 4.90 Å². The van der Waals surface area contributed by atoms with E-state index in [1.54, 1.807) is 36.4 Å². The van der Waals surface area contributed by atoms with Gasteiger partial charge in [-0.25, -0.2) is 4.68 Å². The van der Waals surface area contributed by atoms with Gasteiger partial charge in [0.2, 0.25) is 5.91 Å². The maximum Gasteiger partial charge on any atom is 0.251 e. The number of aromatic nitrogens is 3. The molecule has 4 aromatic rings. The van der Waals surface area contributed by atoms with Gasteiger partial charge in [-0.05, 0) is 63.6 Å². The molecule has 0 radical (unpaired) electrons. The van der Waals surface area contributed by atoms with E-state index in [9.17, 15) is 14.4 Å². The second-order valence-electron chi connectivity index (χ2n) is 9.25. The molecule has 0 saturated carbocycles. The Morgan fingerprint density at radius 2 is 1.86 bits per heavy atom. The highest BCUT2D eigenvalue weighted by atomic mass is 16.3. The van der Waals surface area contributed by atoms with E-state index in [1.807, 2.05) is 45.0 Å². The van der Waals surface area contributed by atoms with E-state index >= 15 is 0 Å². The number of benzene rings is 2. The molecule has 1 unspecified atom stereocenters. The predicted octanol–water partition coefficient (Wildman–Crippen LogP) is 4.31. The van der Waals surface area contributed by atoms with E-state index in [1.165, 1.54) is 22.8 Å². The molecular weight excluding hydrogens is 458 g/mol. The zero-order valence-corrected chi connectivity index (χ0v) is 20.8. The number of nitrogens with one attached hydrogen (secondary N) is 1. The third kappa shape index (κ3) is 5.19. The normalized spacial score (nSPS) is 12.3. The van der Waals surface area contributed by atoms with Crippen LogP contribution in [0.5, 0.6) is 0 Å². The minimum absolute atomic E-state index is 0.155. The number of anilines is 1. The number of ketones is 1. The summed E-state index contributed by atoms with van der Waals surface area (Å²) in [4.78, 5) is 41.1. The molecule has 9 heteroatoms. The molecule has 1 N–H and O–H groups in total. The van der Waals surface area contributed by atoms with Crippen LogP contribution < -0.4 is 10.2 Å². The number of carbonyl (C=O) groups is 3. The number of rotatable bonds is 9. The Labute approximate surface area is 209 Å². The van der Waals surface area contributed by atoms with Gasteiger partial charge in [0.05, 0.1) is 11.8 Å². The molecule has 0 fully saturated rings. The van der Waals surface area contributed by atoms with Crippen LogP contribution in [0.2, 0.25) is 0 Å². The molecule has 9 nitrogen and oxygen atoms in total. The largest absolute Gasteiger partial charge is 0.467 e. The van der Waals surface area contributed by atoms with Crippen LogP contribution in [0.15, 0.2) is 71.3 Å². The van der Waals surface area contributed by atoms with Gasteiger partial charge in [0.25, 0.3) is 5.91 Å². The molecule has 0 aliphatic carbocycles. The maximum absolute atomic E-state index is 13.9. The summed E-state index contributed by atoms with van der Waals surface area (Å²) in [6.07, 6.45) is 2.14. The zero-order valence-electron chi connectivity index (χ0n) is 20.8. The summed E-state index contributed by atoms with van der Waals surface area (Å²) >= 11 is 0. The van der Waals surface area contributed by atoms with Crippen LogP contribution in [-0.2, 0) is 16.1 Å². The van der Waals surface area contributed by atoms with Gasteiger partial charge in [-0.15, -0.1) is 5.10 Å². The van der Waals surface area contributed by atoms with Crippen LogP contribution in [0.4, 0.5) is 5.69 Å². The van der Waals surface area contributed by atoms with E-state index in [4.69, 9.17) is 4.42 Å². The van der Waals surface area contributed by atoms with Crippen molar-refractivity contribution in [1.29, 1.82) is 0 Å². The van der Waals surface area contributed by atoms with Crippen molar-refractivity contribution in [3.05, 3.63) is 78.3 Å². The van der Waals surface area contributed by atoms with Crippen molar-refractivity contribution in [2.24, 2.45) is 0 Å². The van der Waals surface area contributed by atoms with Crippen LogP contribution in [0.3, 0.4) is 0 Å². The fraction of sp³-hybridized carbons (Fsp3) is 0.296. The van der Waals surface area contributed by atoms with E-state index in [-0.39, 0.29) is 12.3 Å². The number of fused-ring (bicyclic) bond motifs is 1. The number of hydrogen-bond acceptors (Lipinski definition) is 6. The van der Waals surface area contributed by atoms with Crippen LogP contribution in [0.1, 0.15) is 56.3 Å². The zero-order chi connectivity index (χ0) is 25.9. The number of furan rings is 1. The minimum atomic E-state index is -1.12. The maximum atomic E-state index is 13.9. The lowest BCUT2D eigenvalue weighted by molar-refractivity contribution is -0.128. The topological polar surface area (TPSA) is 110 Å². The van der Waals surface area contributed by atoms with Crippen LogP contribution in [0.25, 0.3) is 11.0 Å². The third-order valence-electron chi connectivity index (χ3n) is 6.17. The van der Waals surface area contributed by atoms with Crippen LogP contribution in [-0.4, -0.2) is 38.1 Å². The smallest absolute Gasteiger partial charge is 0.251 e. The first-order chi connectivity index (χ1) is 17.2. The molecule has 0 aliphatic heterocycles. The standard InChI is InChI=1S/C27H29N5O4/c1-5-27(3,4)28-26(35)25(23-14-9-15-36-23)32(20-11-8-10-19(16-20)18(2)33)24(34)17-31-22-13-7-6-12-21(22)29-30-31/h6-16,25H,5,17H2,1-4H3,(H,28,35). The Kier molecular flexibility index (Phi) is 7.00. The Balaban J connectivity index is 1.82. The van der Waals surface area contributed by atoms with Crippen molar-refractivity contribution in [2.45, 2.75) is 52.2 Å². The number of para-hydroxylation sites is 1. The Morgan fingerprint density at radius 3 is 2.56 bits per heavy atom. The molecule has 4 rings (SSSR count). The molecule has 0 bridgehead atoms. The highest BCUT2D eigenvalue weighted by molar-refractivity contribution is 6.03. The molecule has 186 valence electrons. The van der Waals surface area contributed by atoms with Crippen molar-refractivity contribution in [1.82, 2.24) is 20.3 Å². The summed E-state index contributed by atoms with van der Waals surface area (Å²) in [5.41, 5.74) is 1.64. The van der Waals surface area contributed by atoms with Gasteiger partial charge < -0.3 is 9.73 Å². The van der Waals surface area contributed by atoms with Gasteiger partial charge in [0, 0.05) is 16.8 Å². The van der Waals surface area contributed by atoms with Crippen LogP contribution in [0, 0.1) is 0 Å². The first-order valence-corrected chi connectivity index (χ1v) is 11.8. The molecule has 36 heavy (non-hydrogen) atoms. The molecular formula is C27H29N5O4. The predicted molar refractivity (Wildman–Crippen MR) is 135 cm³/mol. The number of Topliss-reactive ketones (excluding diaryl/α,β-unsaturated/α-hetero) is 1.